The first kappa shape index (κ1) is 26.9. The van der Waals surface area contributed by atoms with E-state index in [0.717, 1.165) is 61.9 Å². The molecule has 5 rings (SSSR count). The van der Waals surface area contributed by atoms with Gasteiger partial charge in [-0.2, -0.15) is 0 Å². The monoisotopic (exact) mass is 500 g/mol. The van der Waals surface area contributed by atoms with Gasteiger partial charge in [0.2, 0.25) is 0 Å². The van der Waals surface area contributed by atoms with Crippen molar-refractivity contribution < 1.29 is 28.4 Å². The molecular weight excluding hydrogens is 460 g/mol. The van der Waals surface area contributed by atoms with Crippen LogP contribution in [0.5, 0.6) is 11.5 Å². The van der Waals surface area contributed by atoms with Crippen molar-refractivity contribution in [2.24, 2.45) is 0 Å². The molecule has 1 fully saturated rings. The van der Waals surface area contributed by atoms with Crippen LogP contribution in [-0.2, 0) is 32.0 Å². The van der Waals surface area contributed by atoms with Crippen molar-refractivity contribution in [3.63, 3.8) is 0 Å². The predicted octanol–water partition coefficient (Wildman–Crippen LogP) is 2.84. The first-order chi connectivity index (χ1) is 17.9. The Kier molecular flexibility index (Phi) is 11.8. The third kappa shape index (κ3) is 9.35. The first-order valence-electron chi connectivity index (χ1n) is 13.1. The molecule has 0 N–H and O–H groups in total. The van der Waals surface area contributed by atoms with E-state index in [-0.39, 0.29) is 0 Å². The van der Waals surface area contributed by atoms with E-state index >= 15 is 0 Å². The molecule has 0 unspecified atom stereocenters. The van der Waals surface area contributed by atoms with Crippen LogP contribution >= 0.6 is 0 Å². The molecule has 0 aromatic heterocycles. The zero-order valence-corrected chi connectivity index (χ0v) is 21.3. The smallest absolute Gasteiger partial charge is 0.123 e. The molecule has 2 aromatic carbocycles. The maximum absolute atomic E-state index is 6.17. The molecule has 3 aliphatic rings. The van der Waals surface area contributed by atoms with Crippen molar-refractivity contribution in [2.75, 3.05) is 92.2 Å². The molecule has 3 heterocycles. The maximum Gasteiger partial charge on any atom is 0.123 e. The molecule has 0 spiro atoms. The fraction of sp³-hybridized carbons (Fsp3) is 0.571. The lowest BCUT2D eigenvalue weighted by Gasteiger charge is -2.25. The number of hydrogen-bond acceptors (Lipinski definition) is 8. The van der Waals surface area contributed by atoms with Gasteiger partial charge in [0.15, 0.2) is 0 Å². The molecule has 8 nitrogen and oxygen atoms in total. The average Bonchev–Trinajstić information content (AvgIpc) is 2.89. The molecule has 0 atom stereocenters. The van der Waals surface area contributed by atoms with Crippen LogP contribution in [0.3, 0.4) is 0 Å². The van der Waals surface area contributed by atoms with Crippen LogP contribution in [0.25, 0.3) is 0 Å². The van der Waals surface area contributed by atoms with E-state index in [1.165, 1.54) is 0 Å². The molecule has 36 heavy (non-hydrogen) atoms. The molecule has 0 aliphatic carbocycles. The highest BCUT2D eigenvalue weighted by Crippen LogP contribution is 2.22. The van der Waals surface area contributed by atoms with Crippen molar-refractivity contribution in [1.82, 2.24) is 9.80 Å². The zero-order chi connectivity index (χ0) is 24.7. The summed E-state index contributed by atoms with van der Waals surface area (Å²) in [4.78, 5) is 4.69. The topological polar surface area (TPSA) is 61.9 Å². The number of nitrogens with zero attached hydrogens (tertiary/aromatic N) is 2. The molecule has 0 saturated carbocycles. The lowest BCUT2D eigenvalue weighted by atomic mass is 10.2. The number of ether oxygens (including phenoxy) is 6. The molecule has 0 amide bonds. The number of hydrogen-bond donors (Lipinski definition) is 0. The van der Waals surface area contributed by atoms with Gasteiger partial charge >= 0.3 is 0 Å². The molecular formula is C28H40N2O6. The van der Waals surface area contributed by atoms with E-state index in [0.29, 0.717) is 66.1 Å². The lowest BCUT2D eigenvalue weighted by molar-refractivity contribution is 0.00599. The number of rotatable bonds is 0. The fourth-order valence-electron chi connectivity index (χ4n) is 4.29. The second kappa shape index (κ2) is 15.8. The van der Waals surface area contributed by atoms with Crippen molar-refractivity contribution in [1.29, 1.82) is 0 Å². The van der Waals surface area contributed by atoms with Crippen LogP contribution in [0.1, 0.15) is 11.1 Å². The molecule has 2 bridgehead atoms. The Bertz CT molecular complexity index is 791. The molecule has 198 valence electrons. The highest BCUT2D eigenvalue weighted by molar-refractivity contribution is 5.34. The van der Waals surface area contributed by atoms with Crippen molar-refractivity contribution >= 4 is 0 Å². The van der Waals surface area contributed by atoms with Crippen LogP contribution in [-0.4, -0.2) is 102 Å². The third-order valence-electron chi connectivity index (χ3n) is 6.28. The Balaban J connectivity index is 1.53. The summed E-state index contributed by atoms with van der Waals surface area (Å²) in [6.07, 6.45) is 0. The second-order valence-electron chi connectivity index (χ2n) is 8.91. The Morgan fingerprint density at radius 3 is 1.17 bits per heavy atom. The van der Waals surface area contributed by atoms with Crippen molar-refractivity contribution in [3.05, 3.63) is 59.7 Å². The van der Waals surface area contributed by atoms with Gasteiger partial charge in [0.1, 0.15) is 24.7 Å². The van der Waals surface area contributed by atoms with Crippen LogP contribution in [0.15, 0.2) is 48.5 Å². The van der Waals surface area contributed by atoms with Gasteiger partial charge in [0.25, 0.3) is 0 Å². The predicted molar refractivity (Wildman–Crippen MR) is 138 cm³/mol. The molecule has 8 heteroatoms. The summed E-state index contributed by atoms with van der Waals surface area (Å²) >= 11 is 0. The van der Waals surface area contributed by atoms with Gasteiger partial charge in [-0.05, 0) is 12.1 Å². The standard InChI is InChI=1S/C28H40N2O6/c1-3-7-27-25(5-1)23-29-9-13-31-17-19-33-15-11-30(12-16-34-20-18-32-14-10-29)24-26-6-2-4-8-28(26)36-22-21-35-27/h1-8H,9-24H2. The maximum atomic E-state index is 6.17. The number of fused-ring (bicyclic) bond motifs is 17. The fourth-order valence-corrected chi connectivity index (χ4v) is 4.29. The SMILES string of the molecule is c1ccc2c(c1)CN1CCOCCOCCN(CCOCCOCC1)Cc1ccccc1OCCO2. The molecule has 2 aromatic rings. The van der Waals surface area contributed by atoms with Gasteiger partial charge in [-0.3, -0.25) is 9.80 Å². The summed E-state index contributed by atoms with van der Waals surface area (Å²) in [5, 5.41) is 0. The molecule has 3 aliphatic heterocycles. The number of benzene rings is 2. The Hall–Kier alpha value is -2.20. The van der Waals surface area contributed by atoms with Gasteiger partial charge < -0.3 is 28.4 Å². The van der Waals surface area contributed by atoms with E-state index in [1.54, 1.807) is 0 Å². The van der Waals surface area contributed by atoms with E-state index in [4.69, 9.17) is 28.4 Å². The minimum Gasteiger partial charge on any atom is -0.490 e. The summed E-state index contributed by atoms with van der Waals surface area (Å²) < 4.78 is 35.9. The minimum atomic E-state index is 0.475. The largest absolute Gasteiger partial charge is 0.490 e. The van der Waals surface area contributed by atoms with Gasteiger partial charge in [-0.15, -0.1) is 0 Å². The molecule has 0 radical (unpaired) electrons. The van der Waals surface area contributed by atoms with Gasteiger partial charge in [-0.1, -0.05) is 36.4 Å². The van der Waals surface area contributed by atoms with Crippen LogP contribution in [0.2, 0.25) is 0 Å². The van der Waals surface area contributed by atoms with Crippen LogP contribution in [0, 0.1) is 0 Å². The van der Waals surface area contributed by atoms with Crippen molar-refractivity contribution in [3.8, 4) is 11.5 Å². The van der Waals surface area contributed by atoms with E-state index in [1.807, 2.05) is 24.3 Å². The third-order valence-corrected chi connectivity index (χ3v) is 6.28. The van der Waals surface area contributed by atoms with Crippen LogP contribution in [0.4, 0.5) is 0 Å². The Labute approximate surface area is 215 Å². The zero-order valence-electron chi connectivity index (χ0n) is 21.3. The average molecular weight is 501 g/mol. The summed E-state index contributed by atoms with van der Waals surface area (Å²) in [5.74, 6) is 1.77. The lowest BCUT2D eigenvalue weighted by Crippen LogP contribution is -2.33. The second-order valence-corrected chi connectivity index (χ2v) is 8.91. The highest BCUT2D eigenvalue weighted by Gasteiger charge is 2.13. The summed E-state index contributed by atoms with van der Waals surface area (Å²) in [6.45, 7) is 10.6. The summed E-state index contributed by atoms with van der Waals surface area (Å²) in [6, 6.07) is 16.4. The molecule has 1 saturated heterocycles. The van der Waals surface area contributed by atoms with E-state index < -0.39 is 0 Å². The summed E-state index contributed by atoms with van der Waals surface area (Å²) in [5.41, 5.74) is 2.29. The van der Waals surface area contributed by atoms with E-state index in [9.17, 15) is 0 Å². The number of para-hydroxylation sites is 2. The van der Waals surface area contributed by atoms with Gasteiger partial charge in [-0.25, -0.2) is 0 Å². The first-order valence-corrected chi connectivity index (χ1v) is 13.1. The summed E-state index contributed by atoms with van der Waals surface area (Å²) in [7, 11) is 0. The Morgan fingerprint density at radius 2 is 0.778 bits per heavy atom. The highest BCUT2D eigenvalue weighted by atomic mass is 16.5. The van der Waals surface area contributed by atoms with E-state index in [2.05, 4.69) is 34.1 Å². The normalized spacial score (nSPS) is 24.0. The minimum absolute atomic E-state index is 0.475. The quantitative estimate of drug-likeness (QED) is 0.547. The Morgan fingerprint density at radius 1 is 0.417 bits per heavy atom. The van der Waals surface area contributed by atoms with Crippen LogP contribution < -0.4 is 9.47 Å². The van der Waals surface area contributed by atoms with Gasteiger partial charge in [0.05, 0.1) is 52.9 Å². The van der Waals surface area contributed by atoms with Crippen molar-refractivity contribution in [2.45, 2.75) is 13.1 Å². The van der Waals surface area contributed by atoms with Gasteiger partial charge in [0, 0.05) is 50.4 Å².